The fourth-order valence-electron chi connectivity index (χ4n) is 3.50. The second kappa shape index (κ2) is 9.55. The Morgan fingerprint density at radius 3 is 2.53 bits per heavy atom. The number of rotatable bonds is 8. The van der Waals surface area contributed by atoms with E-state index in [1.807, 2.05) is 24.3 Å². The zero-order valence-corrected chi connectivity index (χ0v) is 17.9. The topological polar surface area (TPSA) is 98.2 Å². The Morgan fingerprint density at radius 2 is 1.81 bits per heavy atom. The highest BCUT2D eigenvalue weighted by Crippen LogP contribution is 2.27. The van der Waals surface area contributed by atoms with Gasteiger partial charge >= 0.3 is 0 Å². The highest BCUT2D eigenvalue weighted by Gasteiger charge is 2.23. The van der Waals surface area contributed by atoms with Gasteiger partial charge in [-0.05, 0) is 36.2 Å². The predicted octanol–water partition coefficient (Wildman–Crippen LogP) is 4.50. The molecule has 4 rings (SSSR count). The van der Waals surface area contributed by atoms with Crippen molar-refractivity contribution in [2.75, 3.05) is 12.3 Å². The molecular weight excluding hydrogens is 407 g/mol. The summed E-state index contributed by atoms with van der Waals surface area (Å²) in [4.78, 5) is 22.3. The number of halogens is 1. The molecule has 1 amide bonds. The van der Waals surface area contributed by atoms with Crippen molar-refractivity contribution in [3.05, 3.63) is 65.5 Å². The number of benzene rings is 2. The Bertz CT molecular complexity index is 1280. The van der Waals surface area contributed by atoms with Gasteiger partial charge in [-0.1, -0.05) is 50.5 Å². The molecule has 0 atom stereocenters. The minimum absolute atomic E-state index is 0.153. The lowest BCUT2D eigenvalue weighted by Crippen LogP contribution is -2.25. The Morgan fingerprint density at radius 1 is 1.09 bits per heavy atom. The van der Waals surface area contributed by atoms with E-state index < -0.39 is 0 Å². The second-order valence-electron chi connectivity index (χ2n) is 7.57. The van der Waals surface area contributed by atoms with Crippen LogP contribution in [-0.4, -0.2) is 33.3 Å². The lowest BCUT2D eigenvalue weighted by atomic mass is 10.2. The summed E-state index contributed by atoms with van der Waals surface area (Å²) in [5, 5.41) is 7.36. The van der Waals surface area contributed by atoms with Crippen LogP contribution in [0.1, 0.15) is 48.5 Å². The number of hydrogen-bond acceptors (Lipinski definition) is 5. The summed E-state index contributed by atoms with van der Waals surface area (Å²) in [6.07, 6.45) is 5.75. The molecule has 0 spiro atoms. The van der Waals surface area contributed by atoms with Gasteiger partial charge in [0.1, 0.15) is 22.7 Å². The number of carbonyl (C=O) groups is 1. The molecule has 0 unspecified atom stereocenters. The quantitative estimate of drug-likeness (QED) is 0.316. The number of nitrogens with two attached hydrogens (primary N) is 1. The Balaban J connectivity index is 1.75. The van der Waals surface area contributed by atoms with Gasteiger partial charge in [-0.2, -0.15) is 9.78 Å². The molecule has 4 aromatic rings. The van der Waals surface area contributed by atoms with Crippen molar-refractivity contribution in [3.63, 3.8) is 0 Å². The average molecular weight is 433 g/mol. The van der Waals surface area contributed by atoms with Gasteiger partial charge in [0.05, 0.1) is 17.2 Å². The van der Waals surface area contributed by atoms with Gasteiger partial charge in [0.2, 0.25) is 0 Å². The fourth-order valence-corrected chi connectivity index (χ4v) is 3.50. The molecule has 2 heterocycles. The van der Waals surface area contributed by atoms with Crippen molar-refractivity contribution in [3.8, 4) is 0 Å². The maximum atomic E-state index is 13.2. The predicted molar refractivity (Wildman–Crippen MR) is 125 cm³/mol. The lowest BCUT2D eigenvalue weighted by Gasteiger charge is -2.05. The molecule has 0 aliphatic carbocycles. The van der Waals surface area contributed by atoms with Crippen LogP contribution in [0.15, 0.2) is 53.6 Å². The highest BCUT2D eigenvalue weighted by molar-refractivity contribution is 6.10. The molecule has 2 aromatic carbocycles. The van der Waals surface area contributed by atoms with Crippen molar-refractivity contribution < 1.29 is 9.18 Å². The third kappa shape index (κ3) is 4.44. The second-order valence-corrected chi connectivity index (χ2v) is 7.57. The number of unbranched alkanes of at least 4 members (excludes halogenated alkanes) is 3. The molecular formula is C24H25FN6O. The number of nitrogen functional groups attached to an aromatic ring is 1. The summed E-state index contributed by atoms with van der Waals surface area (Å²) in [5.41, 5.74) is 9.42. The Labute approximate surface area is 185 Å². The molecule has 0 saturated carbocycles. The molecule has 0 radical (unpaired) electrons. The van der Waals surface area contributed by atoms with Crippen LogP contribution in [0.2, 0.25) is 0 Å². The van der Waals surface area contributed by atoms with Crippen molar-refractivity contribution >= 4 is 40.1 Å². The summed E-state index contributed by atoms with van der Waals surface area (Å²) in [6.45, 7) is 2.70. The minimum Gasteiger partial charge on any atom is -0.383 e. The smallest absolute Gasteiger partial charge is 0.257 e. The number of para-hydroxylation sites is 2. The molecule has 7 nitrogen and oxygen atoms in total. The Kier molecular flexibility index (Phi) is 6.39. The zero-order valence-electron chi connectivity index (χ0n) is 17.9. The van der Waals surface area contributed by atoms with Crippen molar-refractivity contribution in [2.45, 2.75) is 32.6 Å². The van der Waals surface area contributed by atoms with Crippen LogP contribution >= 0.6 is 0 Å². The van der Waals surface area contributed by atoms with E-state index in [0.717, 1.165) is 25.7 Å². The van der Waals surface area contributed by atoms with E-state index in [9.17, 15) is 9.18 Å². The molecule has 3 N–H and O–H groups in total. The number of nitrogens with one attached hydrogen (secondary N) is 1. The first-order valence-corrected chi connectivity index (χ1v) is 10.7. The van der Waals surface area contributed by atoms with Crippen LogP contribution in [0.5, 0.6) is 0 Å². The van der Waals surface area contributed by atoms with Crippen molar-refractivity contribution in [2.24, 2.45) is 5.10 Å². The van der Waals surface area contributed by atoms with Crippen LogP contribution in [0.3, 0.4) is 0 Å². The highest BCUT2D eigenvalue weighted by atomic mass is 19.1. The van der Waals surface area contributed by atoms with E-state index in [1.54, 1.807) is 18.3 Å². The molecule has 0 saturated heterocycles. The summed E-state index contributed by atoms with van der Waals surface area (Å²) in [7, 11) is 0. The fraction of sp³-hybridized carbons (Fsp3) is 0.250. The number of nitrogens with zero attached hydrogens (tertiary/aromatic N) is 4. The first-order chi connectivity index (χ1) is 15.6. The third-order valence-electron chi connectivity index (χ3n) is 5.21. The number of fused-ring (bicyclic) bond motifs is 2. The van der Waals surface area contributed by atoms with Gasteiger partial charge < -0.3 is 11.1 Å². The normalized spacial score (nSPS) is 11.6. The van der Waals surface area contributed by atoms with E-state index >= 15 is 0 Å². The van der Waals surface area contributed by atoms with Crippen LogP contribution in [0, 0.1) is 5.82 Å². The number of aromatic nitrogens is 3. The molecule has 32 heavy (non-hydrogen) atoms. The molecule has 2 aromatic heterocycles. The minimum atomic E-state index is -0.330. The van der Waals surface area contributed by atoms with E-state index in [-0.39, 0.29) is 23.1 Å². The number of hydrogen-bond donors (Lipinski definition) is 2. The van der Waals surface area contributed by atoms with Gasteiger partial charge in [-0.15, -0.1) is 0 Å². The summed E-state index contributed by atoms with van der Waals surface area (Å²) in [6, 6.07) is 13.3. The number of carbonyl (C=O) groups excluding carboxylic acids is 1. The summed E-state index contributed by atoms with van der Waals surface area (Å²) < 4.78 is 14.6. The van der Waals surface area contributed by atoms with E-state index in [1.165, 1.54) is 16.8 Å². The first kappa shape index (κ1) is 21.4. The van der Waals surface area contributed by atoms with Crippen LogP contribution < -0.4 is 11.1 Å². The van der Waals surface area contributed by atoms with Crippen molar-refractivity contribution in [1.82, 2.24) is 20.0 Å². The summed E-state index contributed by atoms with van der Waals surface area (Å²) in [5.74, 6) is -0.479. The first-order valence-electron chi connectivity index (χ1n) is 10.7. The van der Waals surface area contributed by atoms with Gasteiger partial charge in [0.25, 0.3) is 5.91 Å². The monoisotopic (exact) mass is 432 g/mol. The van der Waals surface area contributed by atoms with Gasteiger partial charge in [-0.25, -0.2) is 14.4 Å². The van der Waals surface area contributed by atoms with E-state index in [0.29, 0.717) is 34.3 Å². The zero-order chi connectivity index (χ0) is 22.5. The van der Waals surface area contributed by atoms with Gasteiger partial charge in [-0.3, -0.25) is 4.79 Å². The Hall–Kier alpha value is -3.81. The van der Waals surface area contributed by atoms with Crippen LogP contribution in [0.4, 0.5) is 10.2 Å². The lowest BCUT2D eigenvalue weighted by molar-refractivity contribution is 0.0955. The maximum Gasteiger partial charge on any atom is 0.257 e. The molecule has 0 aliphatic heterocycles. The van der Waals surface area contributed by atoms with Crippen LogP contribution in [0.25, 0.3) is 22.2 Å². The van der Waals surface area contributed by atoms with Gasteiger partial charge in [0, 0.05) is 6.54 Å². The molecule has 164 valence electrons. The molecule has 8 heteroatoms. The average Bonchev–Trinajstić information content (AvgIpc) is 3.07. The number of amides is 1. The molecule has 0 bridgehead atoms. The maximum absolute atomic E-state index is 13.2. The van der Waals surface area contributed by atoms with E-state index in [2.05, 4.69) is 27.3 Å². The van der Waals surface area contributed by atoms with Gasteiger partial charge in [0.15, 0.2) is 5.65 Å². The van der Waals surface area contributed by atoms with Crippen LogP contribution in [-0.2, 0) is 0 Å². The van der Waals surface area contributed by atoms with E-state index in [4.69, 9.17) is 5.73 Å². The summed E-state index contributed by atoms with van der Waals surface area (Å²) >= 11 is 0. The number of anilines is 1. The largest absolute Gasteiger partial charge is 0.383 e. The molecule has 0 aliphatic rings. The molecule has 0 fully saturated rings. The van der Waals surface area contributed by atoms with Crippen molar-refractivity contribution in [1.29, 1.82) is 0 Å². The SMILES string of the molecule is CCCCCCNC(=O)c1c(N)n(/N=C/c2ccc(F)cc2)c2nc3ccccc3nc12. The third-order valence-corrected chi connectivity index (χ3v) is 5.21. The standard InChI is InChI=1S/C24H25FN6O/c1-2-3-4-7-14-27-24(32)20-21-23(30-19-9-6-5-8-18(19)29-21)31(22(20)26)28-15-16-10-12-17(25)13-11-16/h5-6,8-13,15H,2-4,7,14,26H2,1H3,(H,27,32)/b28-15+.